The Hall–Kier alpha value is -3.67. The number of hydrogen-bond acceptors (Lipinski definition) is 4. The lowest BCUT2D eigenvalue weighted by Gasteiger charge is -2.30. The second kappa shape index (κ2) is 9.67. The third kappa shape index (κ3) is 4.67. The Morgan fingerprint density at radius 3 is 2.59 bits per heavy atom. The summed E-state index contributed by atoms with van der Waals surface area (Å²) in [6, 6.07) is 17.5. The molecule has 1 N–H and O–H groups in total. The summed E-state index contributed by atoms with van der Waals surface area (Å²) in [5.74, 6) is -0.0540. The fraction of sp³-hybridized carbons (Fsp3) is 0.321. The van der Waals surface area contributed by atoms with E-state index in [-0.39, 0.29) is 18.2 Å². The highest BCUT2D eigenvalue weighted by Crippen LogP contribution is 2.32. The smallest absolute Gasteiger partial charge is 0.257 e. The molecule has 5 rings (SSSR count). The lowest BCUT2D eigenvalue weighted by atomic mass is 10.0. The number of aromatic nitrogens is 1. The van der Waals surface area contributed by atoms with Crippen LogP contribution in [0.2, 0.25) is 0 Å². The molecule has 6 heteroatoms. The van der Waals surface area contributed by atoms with Gasteiger partial charge >= 0.3 is 0 Å². The third-order valence-corrected chi connectivity index (χ3v) is 6.69. The molecule has 2 aliphatic heterocycles. The second-order valence-electron chi connectivity index (χ2n) is 9.16. The van der Waals surface area contributed by atoms with E-state index in [2.05, 4.69) is 28.2 Å². The maximum atomic E-state index is 13.3. The van der Waals surface area contributed by atoms with Gasteiger partial charge < -0.3 is 15.1 Å². The number of nitrogens with zero attached hydrogens (tertiary/aromatic N) is 3. The molecule has 2 aliphatic rings. The maximum absolute atomic E-state index is 13.3. The van der Waals surface area contributed by atoms with Crippen LogP contribution >= 0.6 is 0 Å². The molecule has 1 saturated heterocycles. The van der Waals surface area contributed by atoms with Gasteiger partial charge in [0.1, 0.15) is 0 Å². The van der Waals surface area contributed by atoms with Crippen molar-refractivity contribution in [2.75, 3.05) is 34.8 Å². The number of pyridine rings is 1. The van der Waals surface area contributed by atoms with Crippen LogP contribution in [0.5, 0.6) is 0 Å². The fourth-order valence-electron chi connectivity index (χ4n) is 4.92. The number of hydrogen-bond donors (Lipinski definition) is 1. The van der Waals surface area contributed by atoms with Crippen LogP contribution in [0.25, 0.3) is 0 Å². The minimum Gasteiger partial charge on any atom is -0.371 e. The molecule has 3 heterocycles. The summed E-state index contributed by atoms with van der Waals surface area (Å²) in [4.78, 5) is 34.5. The van der Waals surface area contributed by atoms with E-state index in [4.69, 9.17) is 0 Å². The van der Waals surface area contributed by atoms with E-state index in [1.54, 1.807) is 6.20 Å². The van der Waals surface area contributed by atoms with Crippen LogP contribution in [0.15, 0.2) is 60.8 Å². The molecule has 174 valence electrons. The molecule has 1 fully saturated rings. The van der Waals surface area contributed by atoms with Crippen molar-refractivity contribution < 1.29 is 9.59 Å². The van der Waals surface area contributed by atoms with E-state index >= 15 is 0 Å². The van der Waals surface area contributed by atoms with Crippen LogP contribution in [0.4, 0.5) is 17.1 Å². The average molecular weight is 455 g/mol. The van der Waals surface area contributed by atoms with Crippen molar-refractivity contribution in [1.82, 2.24) is 4.98 Å². The van der Waals surface area contributed by atoms with Crippen LogP contribution in [-0.2, 0) is 17.6 Å². The molecule has 0 atom stereocenters. The van der Waals surface area contributed by atoms with Gasteiger partial charge in [0.15, 0.2) is 0 Å². The Morgan fingerprint density at radius 2 is 1.79 bits per heavy atom. The predicted octanol–water partition coefficient (Wildman–Crippen LogP) is 4.76. The predicted molar refractivity (Wildman–Crippen MR) is 136 cm³/mol. The summed E-state index contributed by atoms with van der Waals surface area (Å²) >= 11 is 0. The van der Waals surface area contributed by atoms with Gasteiger partial charge in [-0.3, -0.25) is 14.6 Å². The molecule has 0 bridgehead atoms. The second-order valence-corrected chi connectivity index (χ2v) is 9.16. The highest BCUT2D eigenvalue weighted by atomic mass is 16.2. The zero-order valence-electron chi connectivity index (χ0n) is 19.6. The Balaban J connectivity index is 1.31. The molecule has 3 aromatic rings. The van der Waals surface area contributed by atoms with E-state index in [9.17, 15) is 9.59 Å². The lowest BCUT2D eigenvalue weighted by molar-refractivity contribution is -0.117. The number of benzene rings is 2. The van der Waals surface area contributed by atoms with Crippen LogP contribution in [0.1, 0.15) is 46.4 Å². The SMILES string of the molecule is Cc1ccc(C(=O)Nc2ccc3c(c2)CCN3C(=O)Cc2ccccn2)c(N2CCCCC2)c1. The van der Waals surface area contributed by atoms with Gasteiger partial charge in [0.25, 0.3) is 5.91 Å². The molecule has 2 amide bonds. The summed E-state index contributed by atoms with van der Waals surface area (Å²) < 4.78 is 0. The molecule has 0 saturated carbocycles. The number of aryl methyl sites for hydroxylation is 1. The fourth-order valence-corrected chi connectivity index (χ4v) is 4.92. The molecule has 6 nitrogen and oxygen atoms in total. The minimum atomic E-state index is -0.0957. The van der Waals surface area contributed by atoms with Gasteiger partial charge in [0.2, 0.25) is 5.91 Å². The van der Waals surface area contributed by atoms with Crippen molar-refractivity contribution >= 4 is 28.9 Å². The van der Waals surface area contributed by atoms with Gasteiger partial charge in [-0.25, -0.2) is 0 Å². The molecule has 34 heavy (non-hydrogen) atoms. The Labute approximate surface area is 200 Å². The molecule has 2 aromatic carbocycles. The number of fused-ring (bicyclic) bond motifs is 1. The first-order valence-electron chi connectivity index (χ1n) is 12.1. The first kappa shape index (κ1) is 22.1. The first-order valence-corrected chi connectivity index (χ1v) is 12.1. The maximum Gasteiger partial charge on any atom is 0.257 e. The number of carbonyl (C=O) groups is 2. The molecule has 1 aromatic heterocycles. The largest absolute Gasteiger partial charge is 0.371 e. The molecule has 0 aliphatic carbocycles. The van der Waals surface area contributed by atoms with Crippen LogP contribution < -0.4 is 15.1 Å². The standard InChI is InChI=1S/C28H30N4O2/c1-20-8-10-24(26(17-20)31-14-5-2-6-15-31)28(34)30-23-9-11-25-21(18-23)12-16-32(25)27(33)19-22-7-3-4-13-29-22/h3-4,7-11,13,17-18H,2,5-6,12,14-16,19H2,1H3,(H,30,34). The van der Waals surface area contributed by atoms with Gasteiger partial charge in [-0.2, -0.15) is 0 Å². The Morgan fingerprint density at radius 1 is 0.941 bits per heavy atom. The quantitative estimate of drug-likeness (QED) is 0.603. The molecule has 0 radical (unpaired) electrons. The van der Waals surface area contributed by atoms with Crippen LogP contribution in [0, 0.1) is 6.92 Å². The number of anilines is 3. The Bertz CT molecular complexity index is 1200. The van der Waals surface area contributed by atoms with E-state index in [1.165, 1.54) is 6.42 Å². The van der Waals surface area contributed by atoms with Gasteiger partial charge in [0.05, 0.1) is 12.0 Å². The normalized spacial score (nSPS) is 15.2. The van der Waals surface area contributed by atoms with Crippen molar-refractivity contribution in [3.63, 3.8) is 0 Å². The van der Waals surface area contributed by atoms with Gasteiger partial charge in [0, 0.05) is 48.6 Å². The van der Waals surface area contributed by atoms with E-state index in [1.807, 2.05) is 53.4 Å². The first-order chi connectivity index (χ1) is 16.6. The number of carbonyl (C=O) groups excluding carboxylic acids is 2. The number of nitrogens with one attached hydrogen (secondary N) is 1. The molecular formula is C28H30N4O2. The zero-order valence-corrected chi connectivity index (χ0v) is 19.6. The van der Waals surface area contributed by atoms with Crippen LogP contribution in [-0.4, -0.2) is 36.4 Å². The summed E-state index contributed by atoms with van der Waals surface area (Å²) in [6.45, 7) is 4.70. The zero-order chi connectivity index (χ0) is 23.5. The van der Waals surface area contributed by atoms with E-state index in [0.29, 0.717) is 12.1 Å². The van der Waals surface area contributed by atoms with Crippen molar-refractivity contribution in [2.24, 2.45) is 0 Å². The van der Waals surface area contributed by atoms with Gasteiger partial charge in [-0.15, -0.1) is 0 Å². The topological polar surface area (TPSA) is 65.5 Å². The number of piperidine rings is 1. The lowest BCUT2D eigenvalue weighted by Crippen LogP contribution is -2.31. The average Bonchev–Trinajstić information content (AvgIpc) is 3.28. The monoisotopic (exact) mass is 454 g/mol. The van der Waals surface area contributed by atoms with Crippen molar-refractivity contribution in [1.29, 1.82) is 0 Å². The molecular weight excluding hydrogens is 424 g/mol. The molecule has 0 spiro atoms. The Kier molecular flexibility index (Phi) is 6.30. The summed E-state index contributed by atoms with van der Waals surface area (Å²) in [6.07, 6.45) is 6.34. The highest BCUT2D eigenvalue weighted by molar-refractivity contribution is 6.08. The van der Waals surface area contributed by atoms with E-state index < -0.39 is 0 Å². The van der Waals surface area contributed by atoms with Crippen molar-refractivity contribution in [2.45, 2.75) is 39.0 Å². The molecule has 0 unspecified atom stereocenters. The van der Waals surface area contributed by atoms with E-state index in [0.717, 1.165) is 66.2 Å². The third-order valence-electron chi connectivity index (χ3n) is 6.69. The number of amides is 2. The summed E-state index contributed by atoms with van der Waals surface area (Å²) in [5, 5.41) is 3.09. The van der Waals surface area contributed by atoms with Crippen LogP contribution in [0.3, 0.4) is 0 Å². The highest BCUT2D eigenvalue weighted by Gasteiger charge is 2.26. The number of rotatable bonds is 5. The van der Waals surface area contributed by atoms with Gasteiger partial charge in [-0.1, -0.05) is 12.1 Å². The van der Waals surface area contributed by atoms with Gasteiger partial charge in [-0.05, 0) is 86.2 Å². The van der Waals surface area contributed by atoms with Crippen molar-refractivity contribution in [3.8, 4) is 0 Å². The summed E-state index contributed by atoms with van der Waals surface area (Å²) in [5.41, 5.74) is 6.41. The summed E-state index contributed by atoms with van der Waals surface area (Å²) in [7, 11) is 0. The van der Waals surface area contributed by atoms with Crippen molar-refractivity contribution in [3.05, 3.63) is 83.2 Å². The minimum absolute atomic E-state index is 0.0417.